The maximum absolute atomic E-state index is 4.49. The molecule has 0 aliphatic carbocycles. The van der Waals surface area contributed by atoms with E-state index in [9.17, 15) is 0 Å². The molecular weight excluding hydrogens is 318 g/mol. The van der Waals surface area contributed by atoms with Crippen molar-refractivity contribution in [2.24, 2.45) is 0 Å². The fraction of sp³-hybridized carbons (Fsp3) is 0.167. The second-order valence-corrected chi connectivity index (χ2v) is 6.90. The lowest BCUT2D eigenvalue weighted by molar-refractivity contribution is 0.896. The van der Waals surface area contributed by atoms with Crippen molar-refractivity contribution < 1.29 is 0 Å². The van der Waals surface area contributed by atoms with Gasteiger partial charge in [-0.2, -0.15) is 0 Å². The number of imidazole rings is 1. The molecule has 0 spiro atoms. The quantitative estimate of drug-likeness (QED) is 0.603. The molecule has 0 fully saturated rings. The van der Waals surface area contributed by atoms with Gasteiger partial charge in [0.2, 0.25) is 0 Å². The van der Waals surface area contributed by atoms with Crippen LogP contribution < -0.4 is 5.32 Å². The molecule has 0 atom stereocenters. The molecule has 0 aromatic carbocycles. The van der Waals surface area contributed by atoms with E-state index in [1.54, 1.807) is 23.7 Å². The van der Waals surface area contributed by atoms with Crippen molar-refractivity contribution in [1.82, 2.24) is 19.4 Å². The maximum atomic E-state index is 4.49. The van der Waals surface area contributed by atoms with E-state index in [4.69, 9.17) is 0 Å². The molecule has 120 valence electrons. The third kappa shape index (κ3) is 2.76. The SMILES string of the molecule is CC(C)Nc1ncc(-c2cc(-c3ccncc3)c3nccn3c2)s1. The first-order valence-electron chi connectivity index (χ1n) is 7.80. The molecule has 4 heterocycles. The Morgan fingerprint density at radius 3 is 2.71 bits per heavy atom. The van der Waals surface area contributed by atoms with E-state index in [1.165, 1.54) is 0 Å². The second-order valence-electron chi connectivity index (χ2n) is 5.87. The Bertz CT molecular complexity index is 971. The average molecular weight is 335 g/mol. The molecule has 0 amide bonds. The van der Waals surface area contributed by atoms with Crippen LogP contribution in [0.5, 0.6) is 0 Å². The molecule has 4 aromatic rings. The number of fused-ring (bicyclic) bond motifs is 1. The summed E-state index contributed by atoms with van der Waals surface area (Å²) in [5.74, 6) is 0. The molecule has 1 N–H and O–H groups in total. The highest BCUT2D eigenvalue weighted by atomic mass is 32.1. The highest BCUT2D eigenvalue weighted by molar-refractivity contribution is 7.18. The number of pyridine rings is 2. The van der Waals surface area contributed by atoms with Crippen molar-refractivity contribution in [3.63, 3.8) is 0 Å². The molecule has 0 radical (unpaired) electrons. The van der Waals surface area contributed by atoms with E-state index in [2.05, 4.69) is 50.8 Å². The summed E-state index contributed by atoms with van der Waals surface area (Å²) in [7, 11) is 0. The van der Waals surface area contributed by atoms with Crippen LogP contribution in [-0.2, 0) is 0 Å². The highest BCUT2D eigenvalue weighted by Crippen LogP contribution is 2.33. The van der Waals surface area contributed by atoms with Crippen molar-refractivity contribution >= 4 is 22.1 Å². The lowest BCUT2D eigenvalue weighted by atomic mass is 10.1. The second kappa shape index (κ2) is 6.05. The Kier molecular flexibility index (Phi) is 3.74. The molecule has 0 unspecified atom stereocenters. The number of rotatable bonds is 4. The summed E-state index contributed by atoms with van der Waals surface area (Å²) < 4.78 is 2.06. The summed E-state index contributed by atoms with van der Waals surface area (Å²) in [6.07, 6.45) is 11.4. The van der Waals surface area contributed by atoms with Crippen LogP contribution in [-0.4, -0.2) is 25.4 Å². The highest BCUT2D eigenvalue weighted by Gasteiger charge is 2.11. The van der Waals surface area contributed by atoms with E-state index >= 15 is 0 Å². The fourth-order valence-corrected chi connectivity index (χ4v) is 3.58. The third-order valence-corrected chi connectivity index (χ3v) is 4.66. The number of hydrogen-bond acceptors (Lipinski definition) is 5. The summed E-state index contributed by atoms with van der Waals surface area (Å²) in [5, 5.41) is 4.29. The van der Waals surface area contributed by atoms with Crippen LogP contribution in [0.4, 0.5) is 5.13 Å². The van der Waals surface area contributed by atoms with Gasteiger partial charge in [-0.1, -0.05) is 11.3 Å². The Balaban J connectivity index is 1.83. The van der Waals surface area contributed by atoms with E-state index in [0.29, 0.717) is 6.04 Å². The van der Waals surface area contributed by atoms with Crippen LogP contribution in [0, 0.1) is 0 Å². The molecule has 0 saturated carbocycles. The van der Waals surface area contributed by atoms with Crippen LogP contribution in [0.3, 0.4) is 0 Å². The van der Waals surface area contributed by atoms with Gasteiger partial charge in [-0.05, 0) is 37.6 Å². The molecule has 6 heteroatoms. The topological polar surface area (TPSA) is 55.1 Å². The normalized spacial score (nSPS) is 11.3. The van der Waals surface area contributed by atoms with Gasteiger partial charge in [-0.25, -0.2) is 9.97 Å². The van der Waals surface area contributed by atoms with Gasteiger partial charge in [0.25, 0.3) is 0 Å². The smallest absolute Gasteiger partial charge is 0.183 e. The zero-order valence-corrected chi connectivity index (χ0v) is 14.3. The average Bonchev–Trinajstić information content (AvgIpc) is 3.23. The van der Waals surface area contributed by atoms with E-state index < -0.39 is 0 Å². The summed E-state index contributed by atoms with van der Waals surface area (Å²) in [6.45, 7) is 4.22. The van der Waals surface area contributed by atoms with Gasteiger partial charge < -0.3 is 9.72 Å². The minimum Gasteiger partial charge on any atom is -0.359 e. The molecular formula is C18H17N5S. The van der Waals surface area contributed by atoms with E-state index in [-0.39, 0.29) is 0 Å². The van der Waals surface area contributed by atoms with Crippen LogP contribution in [0.25, 0.3) is 27.2 Å². The first kappa shape index (κ1) is 14.8. The number of aromatic nitrogens is 4. The van der Waals surface area contributed by atoms with Crippen molar-refractivity contribution in [1.29, 1.82) is 0 Å². The molecule has 4 aromatic heterocycles. The first-order valence-corrected chi connectivity index (χ1v) is 8.62. The predicted octanol–water partition coefficient (Wildman–Crippen LogP) is 4.34. The molecule has 5 nitrogen and oxygen atoms in total. The van der Waals surface area contributed by atoms with E-state index in [1.807, 2.05) is 30.7 Å². The van der Waals surface area contributed by atoms with Gasteiger partial charge in [-0.15, -0.1) is 0 Å². The molecule has 0 bridgehead atoms. The predicted molar refractivity (Wildman–Crippen MR) is 98.3 cm³/mol. The van der Waals surface area contributed by atoms with Crippen LogP contribution in [0.15, 0.2) is 55.4 Å². The van der Waals surface area contributed by atoms with Crippen molar-refractivity contribution in [3.05, 3.63) is 55.4 Å². The Labute approximate surface area is 144 Å². The first-order chi connectivity index (χ1) is 11.7. The zero-order chi connectivity index (χ0) is 16.5. The van der Waals surface area contributed by atoms with Crippen molar-refractivity contribution in [2.45, 2.75) is 19.9 Å². The maximum Gasteiger partial charge on any atom is 0.183 e. The number of thiazole rings is 1. The van der Waals surface area contributed by atoms with Gasteiger partial charge in [0, 0.05) is 54.3 Å². The summed E-state index contributed by atoms with van der Waals surface area (Å²) >= 11 is 1.66. The third-order valence-electron chi connectivity index (χ3n) is 3.68. The van der Waals surface area contributed by atoms with Crippen molar-refractivity contribution in [2.75, 3.05) is 5.32 Å². The largest absolute Gasteiger partial charge is 0.359 e. The van der Waals surface area contributed by atoms with Crippen LogP contribution in [0.1, 0.15) is 13.8 Å². The summed E-state index contributed by atoms with van der Waals surface area (Å²) in [5.41, 5.74) is 4.26. The lowest BCUT2D eigenvalue weighted by Gasteiger charge is -2.07. The van der Waals surface area contributed by atoms with Gasteiger partial charge in [0.05, 0.1) is 4.88 Å². The van der Waals surface area contributed by atoms with Gasteiger partial charge in [0.15, 0.2) is 5.13 Å². The van der Waals surface area contributed by atoms with Gasteiger partial charge in [-0.3, -0.25) is 4.98 Å². The van der Waals surface area contributed by atoms with E-state index in [0.717, 1.165) is 32.3 Å². The Hall–Kier alpha value is -2.73. The monoisotopic (exact) mass is 335 g/mol. The fourth-order valence-electron chi connectivity index (χ4n) is 2.63. The molecule has 4 rings (SSSR count). The van der Waals surface area contributed by atoms with Crippen LogP contribution in [0.2, 0.25) is 0 Å². The minimum absolute atomic E-state index is 0.368. The lowest BCUT2D eigenvalue weighted by Crippen LogP contribution is -2.08. The summed E-state index contributed by atoms with van der Waals surface area (Å²) in [6, 6.07) is 6.55. The van der Waals surface area contributed by atoms with Gasteiger partial charge >= 0.3 is 0 Å². The number of hydrogen-bond donors (Lipinski definition) is 1. The number of anilines is 1. The Morgan fingerprint density at radius 2 is 1.92 bits per heavy atom. The number of nitrogens with one attached hydrogen (secondary N) is 1. The molecule has 24 heavy (non-hydrogen) atoms. The standard InChI is InChI=1S/C18H17N5S/c1-12(2)22-18-21-10-16(24-18)14-9-15(13-3-5-19-6-4-13)17-20-7-8-23(17)11-14/h3-12H,1-2H3,(H,21,22). The van der Waals surface area contributed by atoms with Gasteiger partial charge in [0.1, 0.15) is 5.65 Å². The summed E-state index contributed by atoms with van der Waals surface area (Å²) in [4.78, 5) is 14.2. The molecule has 0 aliphatic rings. The Morgan fingerprint density at radius 1 is 1.08 bits per heavy atom. The zero-order valence-electron chi connectivity index (χ0n) is 13.5. The molecule has 0 aliphatic heterocycles. The van der Waals surface area contributed by atoms with Crippen molar-refractivity contribution in [3.8, 4) is 21.6 Å². The minimum atomic E-state index is 0.368. The molecule has 0 saturated heterocycles. The number of nitrogens with zero attached hydrogens (tertiary/aromatic N) is 4. The van der Waals surface area contributed by atoms with Crippen LogP contribution >= 0.6 is 11.3 Å².